The van der Waals surface area contributed by atoms with E-state index in [1.54, 1.807) is 6.07 Å². The van der Waals surface area contributed by atoms with Gasteiger partial charge in [-0.25, -0.2) is 4.79 Å². The van der Waals surface area contributed by atoms with E-state index in [0.29, 0.717) is 23.6 Å². The van der Waals surface area contributed by atoms with Crippen molar-refractivity contribution in [1.29, 1.82) is 0 Å². The Hall–Kier alpha value is -2.64. The zero-order chi connectivity index (χ0) is 13.8. The number of esters is 1. The molecule has 0 amide bonds. The van der Waals surface area contributed by atoms with Gasteiger partial charge >= 0.3 is 5.97 Å². The van der Waals surface area contributed by atoms with Crippen molar-refractivity contribution in [3.63, 3.8) is 0 Å². The van der Waals surface area contributed by atoms with Crippen molar-refractivity contribution >= 4 is 17.3 Å². The number of carbonyl (C=O) groups excluding carboxylic acids is 1. The van der Waals surface area contributed by atoms with E-state index in [9.17, 15) is 4.79 Å². The summed E-state index contributed by atoms with van der Waals surface area (Å²) in [5, 5.41) is 16.5. The number of hydrogen-bond donors (Lipinski definition) is 3. The number of tetrazole rings is 1. The second-order valence-corrected chi connectivity index (χ2v) is 3.93. The van der Waals surface area contributed by atoms with Gasteiger partial charge in [-0.3, -0.25) is 0 Å². The number of carbonyl (C=O) groups is 1. The van der Waals surface area contributed by atoms with Crippen LogP contribution in [0.15, 0.2) is 12.1 Å². The number of benzene rings is 1. The molecule has 0 saturated carbocycles. The quantitative estimate of drug-likeness (QED) is 0.541. The molecule has 1 heterocycles. The van der Waals surface area contributed by atoms with Crippen molar-refractivity contribution in [3.05, 3.63) is 29.1 Å². The number of nitrogens with zero attached hydrogens (tertiary/aromatic N) is 3. The predicted molar refractivity (Wildman–Crippen MR) is 68.4 cm³/mol. The van der Waals surface area contributed by atoms with Crippen LogP contribution in [-0.4, -0.2) is 33.7 Å². The summed E-state index contributed by atoms with van der Waals surface area (Å²) < 4.78 is 4.69. The van der Waals surface area contributed by atoms with Gasteiger partial charge in [-0.2, -0.15) is 5.21 Å². The van der Waals surface area contributed by atoms with Crippen LogP contribution in [0.1, 0.15) is 21.7 Å². The molecule has 0 saturated heterocycles. The number of aromatic amines is 1. The number of rotatable bonds is 4. The van der Waals surface area contributed by atoms with Crippen LogP contribution in [0.25, 0.3) is 0 Å². The number of hydrogen-bond acceptors (Lipinski definition) is 7. The maximum absolute atomic E-state index is 11.6. The average Bonchev–Trinajstić information content (AvgIpc) is 2.92. The molecule has 2 rings (SSSR count). The van der Waals surface area contributed by atoms with Crippen molar-refractivity contribution in [2.24, 2.45) is 0 Å². The number of nitrogens with one attached hydrogen (secondary N) is 2. The maximum atomic E-state index is 11.6. The standard InChI is InChI=1S/C11H14N6O2/c1-6-3-7(13-5-9-14-16-17-15-9)4-8(10(6)12)11(18)19-2/h3-4,13H,5,12H2,1-2H3,(H,14,15,16,17). The highest BCUT2D eigenvalue weighted by Crippen LogP contribution is 2.23. The summed E-state index contributed by atoms with van der Waals surface area (Å²) in [5.74, 6) is 0.0536. The van der Waals surface area contributed by atoms with Crippen LogP contribution in [0.3, 0.4) is 0 Å². The smallest absolute Gasteiger partial charge is 0.340 e. The van der Waals surface area contributed by atoms with E-state index in [0.717, 1.165) is 11.3 Å². The van der Waals surface area contributed by atoms with Gasteiger partial charge in [-0.15, -0.1) is 10.2 Å². The molecule has 2 aromatic rings. The van der Waals surface area contributed by atoms with Crippen LogP contribution in [0.5, 0.6) is 0 Å². The number of methoxy groups -OCH3 is 1. The summed E-state index contributed by atoms with van der Waals surface area (Å²) in [6, 6.07) is 3.47. The van der Waals surface area contributed by atoms with Crippen LogP contribution in [0, 0.1) is 6.92 Å². The first-order valence-corrected chi connectivity index (χ1v) is 5.56. The van der Waals surface area contributed by atoms with Crippen molar-refractivity contribution in [1.82, 2.24) is 20.6 Å². The van der Waals surface area contributed by atoms with Gasteiger partial charge in [0.15, 0.2) is 5.82 Å². The molecule has 0 radical (unpaired) electrons. The third-order valence-electron chi connectivity index (χ3n) is 2.63. The van der Waals surface area contributed by atoms with Crippen LogP contribution < -0.4 is 11.1 Å². The molecule has 100 valence electrons. The summed E-state index contributed by atoms with van der Waals surface area (Å²) in [4.78, 5) is 11.6. The SMILES string of the molecule is COC(=O)c1cc(NCc2nn[nH]n2)cc(C)c1N. The minimum Gasteiger partial charge on any atom is -0.465 e. The molecule has 1 aromatic carbocycles. The molecule has 0 unspecified atom stereocenters. The molecular formula is C11H14N6O2. The molecule has 0 aliphatic rings. The van der Waals surface area contributed by atoms with Crippen molar-refractivity contribution in [2.45, 2.75) is 13.5 Å². The second-order valence-electron chi connectivity index (χ2n) is 3.93. The second kappa shape index (κ2) is 5.34. The highest BCUT2D eigenvalue weighted by molar-refractivity contribution is 5.97. The Bertz CT molecular complexity index is 581. The summed E-state index contributed by atoms with van der Waals surface area (Å²) in [5.41, 5.74) is 8.12. The molecule has 0 fully saturated rings. The Morgan fingerprint density at radius 3 is 2.95 bits per heavy atom. The Labute approximate surface area is 109 Å². The van der Waals surface area contributed by atoms with Crippen molar-refractivity contribution in [2.75, 3.05) is 18.2 Å². The first kappa shape index (κ1) is 12.8. The van der Waals surface area contributed by atoms with Crippen LogP contribution in [0.4, 0.5) is 11.4 Å². The summed E-state index contributed by atoms with van der Waals surface area (Å²) in [7, 11) is 1.32. The minimum atomic E-state index is -0.469. The Morgan fingerprint density at radius 2 is 2.32 bits per heavy atom. The van der Waals surface area contributed by atoms with Gasteiger partial charge in [0.2, 0.25) is 0 Å². The van der Waals surface area contributed by atoms with E-state index in [1.807, 2.05) is 13.0 Å². The van der Waals surface area contributed by atoms with E-state index in [-0.39, 0.29) is 0 Å². The van der Waals surface area contributed by atoms with E-state index in [1.165, 1.54) is 7.11 Å². The molecule has 4 N–H and O–H groups in total. The lowest BCUT2D eigenvalue weighted by Gasteiger charge is -2.11. The topological polar surface area (TPSA) is 119 Å². The van der Waals surface area contributed by atoms with Crippen LogP contribution >= 0.6 is 0 Å². The molecular weight excluding hydrogens is 248 g/mol. The minimum absolute atomic E-state index is 0.332. The molecule has 0 atom stereocenters. The third-order valence-corrected chi connectivity index (χ3v) is 2.63. The van der Waals surface area contributed by atoms with Crippen molar-refractivity contribution in [3.8, 4) is 0 Å². The Balaban J connectivity index is 2.21. The predicted octanol–water partition coefficient (Wildman–Crippen LogP) is 0.489. The number of aromatic nitrogens is 4. The number of ether oxygens (including phenoxy) is 1. The molecule has 0 spiro atoms. The lowest BCUT2D eigenvalue weighted by atomic mass is 10.1. The number of nitrogens with two attached hydrogens (primary N) is 1. The number of nitrogen functional groups attached to an aromatic ring is 1. The lowest BCUT2D eigenvalue weighted by molar-refractivity contribution is 0.0602. The molecule has 8 heteroatoms. The highest BCUT2D eigenvalue weighted by Gasteiger charge is 2.13. The number of H-pyrrole nitrogens is 1. The fourth-order valence-electron chi connectivity index (χ4n) is 1.62. The van der Waals surface area contributed by atoms with Gasteiger partial charge in [0.25, 0.3) is 0 Å². The Kier molecular flexibility index (Phi) is 3.60. The van der Waals surface area contributed by atoms with Crippen molar-refractivity contribution < 1.29 is 9.53 Å². The van der Waals surface area contributed by atoms with Crippen LogP contribution in [0.2, 0.25) is 0 Å². The highest BCUT2D eigenvalue weighted by atomic mass is 16.5. The van der Waals surface area contributed by atoms with E-state index >= 15 is 0 Å². The first-order chi connectivity index (χ1) is 9.11. The van der Waals surface area contributed by atoms with Gasteiger partial charge in [0.05, 0.1) is 19.2 Å². The monoisotopic (exact) mass is 262 g/mol. The number of anilines is 2. The van der Waals surface area contributed by atoms with E-state index in [4.69, 9.17) is 10.5 Å². The lowest BCUT2D eigenvalue weighted by Crippen LogP contribution is -2.09. The molecule has 0 bridgehead atoms. The molecule has 8 nitrogen and oxygen atoms in total. The van der Waals surface area contributed by atoms with Gasteiger partial charge in [-0.1, -0.05) is 5.21 Å². The summed E-state index contributed by atoms with van der Waals surface area (Å²) in [6.45, 7) is 2.21. The van der Waals surface area contributed by atoms with Gasteiger partial charge in [0, 0.05) is 11.4 Å². The molecule has 19 heavy (non-hydrogen) atoms. The van der Waals surface area contributed by atoms with Gasteiger partial charge in [-0.05, 0) is 24.6 Å². The molecule has 0 aliphatic heterocycles. The van der Waals surface area contributed by atoms with E-state index in [2.05, 4.69) is 25.9 Å². The Morgan fingerprint density at radius 1 is 1.53 bits per heavy atom. The van der Waals surface area contributed by atoms with E-state index < -0.39 is 5.97 Å². The largest absolute Gasteiger partial charge is 0.465 e. The van der Waals surface area contributed by atoms with Gasteiger partial charge < -0.3 is 15.8 Å². The first-order valence-electron chi connectivity index (χ1n) is 5.56. The summed E-state index contributed by atoms with van der Waals surface area (Å²) >= 11 is 0. The molecule has 0 aliphatic carbocycles. The third kappa shape index (κ3) is 2.79. The zero-order valence-corrected chi connectivity index (χ0v) is 10.6. The van der Waals surface area contributed by atoms with Gasteiger partial charge in [0.1, 0.15) is 0 Å². The maximum Gasteiger partial charge on any atom is 0.340 e. The zero-order valence-electron chi connectivity index (χ0n) is 10.6. The summed E-state index contributed by atoms with van der Waals surface area (Å²) in [6.07, 6.45) is 0. The fourth-order valence-corrected chi connectivity index (χ4v) is 1.62. The molecule has 1 aromatic heterocycles. The average molecular weight is 262 g/mol. The fraction of sp³-hybridized carbons (Fsp3) is 0.273. The number of aryl methyl sites for hydroxylation is 1. The normalized spacial score (nSPS) is 10.2. The van der Waals surface area contributed by atoms with Crippen LogP contribution in [-0.2, 0) is 11.3 Å².